The van der Waals surface area contributed by atoms with E-state index < -0.39 is 15.9 Å². The Hall–Kier alpha value is -1.61. The molecule has 0 atom stereocenters. The number of anilines is 1. The van der Waals surface area contributed by atoms with E-state index in [9.17, 15) is 18.3 Å². The van der Waals surface area contributed by atoms with Crippen molar-refractivity contribution < 1.29 is 18.3 Å². The van der Waals surface area contributed by atoms with E-state index in [1.54, 1.807) is 18.2 Å². The second-order valence-electron chi connectivity index (χ2n) is 5.87. The summed E-state index contributed by atoms with van der Waals surface area (Å²) >= 11 is 9.31. The Bertz CT molecular complexity index is 959. The molecule has 2 N–H and O–H groups in total. The quantitative estimate of drug-likeness (QED) is 0.680. The third-order valence-electron chi connectivity index (χ3n) is 4.09. The van der Waals surface area contributed by atoms with Crippen LogP contribution in [0.2, 0.25) is 5.02 Å². The molecule has 1 aliphatic rings. The number of aromatic hydroxyl groups is 1. The topological polar surface area (TPSA) is 86.7 Å². The highest BCUT2D eigenvalue weighted by Crippen LogP contribution is 2.30. The van der Waals surface area contributed by atoms with Gasteiger partial charge in [0.1, 0.15) is 5.75 Å². The number of carbonyl (C=O) groups is 1. The van der Waals surface area contributed by atoms with Gasteiger partial charge in [-0.15, -0.1) is 0 Å². The number of sulfonamides is 1. The number of nitrogens with zero attached hydrogens (tertiary/aromatic N) is 1. The lowest BCUT2D eigenvalue weighted by Crippen LogP contribution is -2.28. The van der Waals surface area contributed by atoms with E-state index in [-0.39, 0.29) is 26.9 Å². The van der Waals surface area contributed by atoms with E-state index in [0.717, 1.165) is 12.8 Å². The molecule has 0 saturated carbocycles. The molecule has 6 nitrogen and oxygen atoms in total. The maximum absolute atomic E-state index is 12.7. The molecule has 1 fully saturated rings. The SMILES string of the molecule is O=C(Nc1cc(S(=O)(=O)N2CCCC2)ccc1O)c1cc(Br)ccc1Cl. The van der Waals surface area contributed by atoms with Gasteiger partial charge in [0.05, 0.1) is 21.2 Å². The fourth-order valence-corrected chi connectivity index (χ4v) is 4.82. The van der Waals surface area contributed by atoms with E-state index in [4.69, 9.17) is 11.6 Å². The predicted octanol–water partition coefficient (Wildman–Crippen LogP) is 3.84. The Kier molecular flexibility index (Phi) is 5.57. The van der Waals surface area contributed by atoms with Crippen LogP contribution in [0.5, 0.6) is 5.75 Å². The van der Waals surface area contributed by atoms with E-state index in [2.05, 4.69) is 21.2 Å². The number of nitrogens with one attached hydrogen (secondary N) is 1. The fraction of sp³-hybridized carbons (Fsp3) is 0.235. The fourth-order valence-electron chi connectivity index (χ4n) is 2.71. The van der Waals surface area contributed by atoms with E-state index in [0.29, 0.717) is 17.6 Å². The zero-order valence-corrected chi connectivity index (χ0v) is 16.7. The monoisotopic (exact) mass is 458 g/mol. The summed E-state index contributed by atoms with van der Waals surface area (Å²) in [6.45, 7) is 0.942. The molecule has 0 aromatic heterocycles. The minimum atomic E-state index is -3.66. The maximum atomic E-state index is 12.7. The molecule has 0 spiro atoms. The van der Waals surface area contributed by atoms with Gasteiger partial charge in [0.15, 0.2) is 0 Å². The van der Waals surface area contributed by atoms with Gasteiger partial charge in [0.25, 0.3) is 5.91 Å². The van der Waals surface area contributed by atoms with Gasteiger partial charge < -0.3 is 10.4 Å². The molecule has 1 amide bonds. The van der Waals surface area contributed by atoms with Crippen molar-refractivity contribution in [2.45, 2.75) is 17.7 Å². The molecule has 138 valence electrons. The van der Waals surface area contributed by atoms with Crippen LogP contribution in [0, 0.1) is 0 Å². The third kappa shape index (κ3) is 3.88. The van der Waals surface area contributed by atoms with Crippen molar-refractivity contribution in [1.82, 2.24) is 4.31 Å². The van der Waals surface area contributed by atoms with Crippen LogP contribution in [-0.4, -0.2) is 36.8 Å². The van der Waals surface area contributed by atoms with Gasteiger partial charge in [0, 0.05) is 17.6 Å². The summed E-state index contributed by atoms with van der Waals surface area (Å²) < 4.78 is 27.4. The van der Waals surface area contributed by atoms with Crippen LogP contribution in [-0.2, 0) is 10.0 Å². The molecular formula is C17H16BrClN2O4S. The normalized spacial score (nSPS) is 15.2. The lowest BCUT2D eigenvalue weighted by atomic mass is 10.2. The molecule has 9 heteroatoms. The van der Waals surface area contributed by atoms with Crippen molar-refractivity contribution in [3.05, 3.63) is 51.5 Å². The van der Waals surface area contributed by atoms with Crippen LogP contribution >= 0.6 is 27.5 Å². The molecule has 1 heterocycles. The Morgan fingerprint density at radius 1 is 1.15 bits per heavy atom. The number of amides is 1. The summed E-state index contributed by atoms with van der Waals surface area (Å²) in [7, 11) is -3.66. The van der Waals surface area contributed by atoms with Crippen molar-refractivity contribution in [1.29, 1.82) is 0 Å². The van der Waals surface area contributed by atoms with Crippen molar-refractivity contribution in [3.63, 3.8) is 0 Å². The first-order chi connectivity index (χ1) is 12.3. The molecule has 0 radical (unpaired) electrons. The number of hydrogen-bond donors (Lipinski definition) is 2. The number of phenols is 1. The van der Waals surface area contributed by atoms with Gasteiger partial charge in [-0.2, -0.15) is 4.31 Å². The summed E-state index contributed by atoms with van der Waals surface area (Å²) in [6.07, 6.45) is 1.64. The zero-order valence-electron chi connectivity index (χ0n) is 13.6. The average molecular weight is 460 g/mol. The van der Waals surface area contributed by atoms with Crippen LogP contribution in [0.15, 0.2) is 45.8 Å². The van der Waals surface area contributed by atoms with Gasteiger partial charge in [-0.1, -0.05) is 27.5 Å². The second kappa shape index (κ2) is 7.56. The summed E-state index contributed by atoms with van der Waals surface area (Å²) in [5, 5.41) is 12.8. The highest BCUT2D eigenvalue weighted by Gasteiger charge is 2.28. The molecule has 3 rings (SSSR count). The lowest BCUT2D eigenvalue weighted by Gasteiger charge is -2.17. The van der Waals surface area contributed by atoms with Crippen LogP contribution in [0.3, 0.4) is 0 Å². The first-order valence-corrected chi connectivity index (χ1v) is 10.5. The van der Waals surface area contributed by atoms with Gasteiger partial charge in [-0.05, 0) is 49.2 Å². The molecule has 26 heavy (non-hydrogen) atoms. The first-order valence-electron chi connectivity index (χ1n) is 7.88. The Balaban J connectivity index is 1.91. The molecule has 0 unspecified atom stereocenters. The summed E-state index contributed by atoms with van der Waals surface area (Å²) in [5.41, 5.74) is 0.208. The summed E-state index contributed by atoms with van der Waals surface area (Å²) in [5.74, 6) is -0.785. The van der Waals surface area contributed by atoms with Crippen LogP contribution in [0.4, 0.5) is 5.69 Å². The minimum Gasteiger partial charge on any atom is -0.506 e. The molecule has 2 aromatic carbocycles. The predicted molar refractivity (Wildman–Crippen MR) is 103 cm³/mol. The number of rotatable bonds is 4. The van der Waals surface area contributed by atoms with Gasteiger partial charge in [-0.3, -0.25) is 4.79 Å². The summed E-state index contributed by atoms with van der Waals surface area (Å²) in [6, 6.07) is 8.63. The van der Waals surface area contributed by atoms with Gasteiger partial charge in [0.2, 0.25) is 10.0 Å². The molecule has 1 aliphatic heterocycles. The van der Waals surface area contributed by atoms with Gasteiger partial charge in [-0.25, -0.2) is 8.42 Å². The van der Waals surface area contributed by atoms with Crippen LogP contribution < -0.4 is 5.32 Å². The van der Waals surface area contributed by atoms with Gasteiger partial charge >= 0.3 is 0 Å². The number of carbonyl (C=O) groups excluding carboxylic acids is 1. The molecule has 2 aromatic rings. The third-order valence-corrected chi connectivity index (χ3v) is 6.81. The molecule has 0 bridgehead atoms. The second-order valence-corrected chi connectivity index (χ2v) is 9.13. The standard InChI is InChI=1S/C17H16BrClN2O4S/c18-11-3-5-14(19)13(9-11)17(23)20-15-10-12(4-6-16(15)22)26(24,25)21-7-1-2-8-21/h3-6,9-10,22H,1-2,7-8H2,(H,20,23). The molecule has 1 saturated heterocycles. The highest BCUT2D eigenvalue weighted by atomic mass is 79.9. The van der Waals surface area contributed by atoms with Crippen molar-refractivity contribution in [2.75, 3.05) is 18.4 Å². The smallest absolute Gasteiger partial charge is 0.257 e. The Morgan fingerprint density at radius 3 is 2.54 bits per heavy atom. The number of phenolic OH excluding ortho intramolecular Hbond substituents is 1. The van der Waals surface area contributed by atoms with E-state index >= 15 is 0 Å². The minimum absolute atomic E-state index is 0.00585. The number of hydrogen-bond acceptors (Lipinski definition) is 4. The Labute approximate surface area is 165 Å². The first kappa shape index (κ1) is 19.2. The largest absolute Gasteiger partial charge is 0.506 e. The van der Waals surface area contributed by atoms with Crippen LogP contribution in [0.1, 0.15) is 23.2 Å². The maximum Gasteiger partial charge on any atom is 0.257 e. The number of benzene rings is 2. The zero-order chi connectivity index (χ0) is 18.9. The van der Waals surface area contributed by atoms with E-state index in [1.807, 2.05) is 0 Å². The van der Waals surface area contributed by atoms with Crippen molar-refractivity contribution >= 4 is 49.1 Å². The average Bonchev–Trinajstić information content (AvgIpc) is 3.14. The highest BCUT2D eigenvalue weighted by molar-refractivity contribution is 9.10. The van der Waals surface area contributed by atoms with E-state index in [1.165, 1.54) is 22.5 Å². The molecular weight excluding hydrogens is 444 g/mol. The van der Waals surface area contributed by atoms with Crippen molar-refractivity contribution in [3.8, 4) is 5.75 Å². The Morgan fingerprint density at radius 2 is 1.85 bits per heavy atom. The summed E-state index contributed by atoms with van der Waals surface area (Å²) in [4.78, 5) is 12.5. The van der Waals surface area contributed by atoms with Crippen molar-refractivity contribution in [2.24, 2.45) is 0 Å². The number of halogens is 2. The van der Waals surface area contributed by atoms with Crippen LogP contribution in [0.25, 0.3) is 0 Å². The molecule has 0 aliphatic carbocycles. The lowest BCUT2D eigenvalue weighted by molar-refractivity contribution is 0.102.